The molecule has 3 heterocycles. The van der Waals surface area contributed by atoms with Crippen LogP contribution in [-0.4, -0.2) is 28.9 Å². The summed E-state index contributed by atoms with van der Waals surface area (Å²) < 4.78 is 18.0. The highest BCUT2D eigenvalue weighted by Crippen LogP contribution is 2.36. The van der Waals surface area contributed by atoms with Crippen LogP contribution in [0.3, 0.4) is 0 Å². The Morgan fingerprint density at radius 2 is 2.00 bits per heavy atom. The Hall–Kier alpha value is -4.82. The average Bonchev–Trinajstić information content (AvgIpc) is 3.68. The topological polar surface area (TPSA) is 123 Å². The number of halogens is 2. The molecule has 6 rings (SSSR count). The summed E-state index contributed by atoms with van der Waals surface area (Å²) in [6.45, 7) is 1.68. The van der Waals surface area contributed by atoms with Crippen molar-refractivity contribution in [1.29, 1.82) is 5.26 Å². The van der Waals surface area contributed by atoms with Gasteiger partial charge in [0.2, 0.25) is 5.95 Å². The Labute approximate surface area is 225 Å². The third-order valence-electron chi connectivity index (χ3n) is 6.46. The highest BCUT2D eigenvalue weighted by Gasteiger charge is 2.25. The van der Waals surface area contributed by atoms with E-state index in [0.717, 1.165) is 39.9 Å². The van der Waals surface area contributed by atoms with Crippen LogP contribution in [0.1, 0.15) is 35.6 Å². The zero-order chi connectivity index (χ0) is 27.3. The standard InChI is InChI=1S/C27H20ClFN8O2/c1-15-6-20(12-31-11-15)37-26(38)33-25(35(27(37)39)13-16-2-5-22(29)17(7-16)10-30)32-24-8-18-14-36(19-3-4-19)34-23(18)9-21(24)28/h2,5-9,11-12,14,19H,3-4,13H2,1H3,(H,32,33,38). The zero-order valence-electron chi connectivity index (χ0n) is 20.6. The van der Waals surface area contributed by atoms with Crippen LogP contribution in [0, 0.1) is 24.1 Å². The molecule has 10 nitrogen and oxygen atoms in total. The lowest BCUT2D eigenvalue weighted by atomic mass is 10.1. The van der Waals surface area contributed by atoms with Crippen molar-refractivity contribution in [2.45, 2.75) is 32.4 Å². The summed E-state index contributed by atoms with van der Waals surface area (Å²) in [5.74, 6) is -0.742. The number of nitriles is 1. The second-order valence-electron chi connectivity index (χ2n) is 9.42. The Bertz CT molecular complexity index is 1930. The molecule has 0 bridgehead atoms. The Balaban J connectivity index is 1.49. The number of pyridine rings is 1. The lowest BCUT2D eigenvalue weighted by Gasteiger charge is -2.16. The van der Waals surface area contributed by atoms with Gasteiger partial charge in [0.1, 0.15) is 11.9 Å². The van der Waals surface area contributed by atoms with E-state index in [0.29, 0.717) is 22.3 Å². The van der Waals surface area contributed by atoms with Crippen molar-refractivity contribution in [3.05, 3.63) is 103 Å². The molecule has 2 aromatic carbocycles. The maximum atomic E-state index is 14.0. The molecule has 3 aromatic heterocycles. The molecule has 1 aliphatic rings. The van der Waals surface area contributed by atoms with Crippen LogP contribution in [0.4, 0.5) is 16.0 Å². The van der Waals surface area contributed by atoms with Crippen LogP contribution < -0.4 is 16.7 Å². The molecule has 1 fully saturated rings. The molecule has 39 heavy (non-hydrogen) atoms. The summed E-state index contributed by atoms with van der Waals surface area (Å²) >= 11 is 6.56. The van der Waals surface area contributed by atoms with E-state index in [1.54, 1.807) is 37.4 Å². The molecule has 0 atom stereocenters. The van der Waals surface area contributed by atoms with E-state index in [1.165, 1.54) is 22.9 Å². The van der Waals surface area contributed by atoms with Gasteiger partial charge in [0.05, 0.1) is 46.3 Å². The van der Waals surface area contributed by atoms with Crippen molar-refractivity contribution in [2.24, 2.45) is 0 Å². The number of hydrogen-bond donors (Lipinski definition) is 1. The predicted molar refractivity (Wildman–Crippen MR) is 143 cm³/mol. The largest absolute Gasteiger partial charge is 0.359 e. The van der Waals surface area contributed by atoms with E-state index in [4.69, 9.17) is 11.6 Å². The van der Waals surface area contributed by atoms with Crippen molar-refractivity contribution in [2.75, 3.05) is 5.32 Å². The van der Waals surface area contributed by atoms with Crippen LogP contribution in [0.2, 0.25) is 5.02 Å². The highest BCUT2D eigenvalue weighted by molar-refractivity contribution is 6.34. The fraction of sp³-hybridized carbons (Fsp3) is 0.185. The van der Waals surface area contributed by atoms with Gasteiger partial charge in [0.15, 0.2) is 0 Å². The van der Waals surface area contributed by atoms with Crippen LogP contribution in [-0.2, 0) is 6.54 Å². The smallest absolute Gasteiger partial charge is 0.324 e. The van der Waals surface area contributed by atoms with E-state index in [-0.39, 0.29) is 23.7 Å². The van der Waals surface area contributed by atoms with Crippen LogP contribution in [0.25, 0.3) is 16.6 Å². The zero-order valence-corrected chi connectivity index (χ0v) is 21.4. The van der Waals surface area contributed by atoms with E-state index in [2.05, 4.69) is 20.4 Å². The van der Waals surface area contributed by atoms with E-state index in [1.807, 2.05) is 10.9 Å². The number of rotatable bonds is 6. The molecule has 0 unspecified atom stereocenters. The van der Waals surface area contributed by atoms with Crippen LogP contribution in [0.5, 0.6) is 0 Å². The average molecular weight is 543 g/mol. The SMILES string of the molecule is Cc1cncc(-n2c(=O)nc(Nc3cc4cn(C5CC5)nc4cc3Cl)n(Cc3ccc(F)c(C#N)c3)c2=O)c1. The maximum absolute atomic E-state index is 14.0. The molecule has 0 aliphatic heterocycles. The van der Waals surface area contributed by atoms with Gasteiger partial charge in [0.25, 0.3) is 0 Å². The molecular formula is C27H20ClFN8O2. The fourth-order valence-corrected chi connectivity index (χ4v) is 4.57. The van der Waals surface area contributed by atoms with Gasteiger partial charge in [-0.2, -0.15) is 15.3 Å². The Morgan fingerprint density at radius 1 is 1.18 bits per heavy atom. The molecule has 12 heteroatoms. The summed E-state index contributed by atoms with van der Waals surface area (Å²) in [5, 5.41) is 18.0. The van der Waals surface area contributed by atoms with E-state index >= 15 is 0 Å². The number of aryl methyl sites for hydroxylation is 1. The van der Waals surface area contributed by atoms with Gasteiger partial charge in [0, 0.05) is 17.8 Å². The van der Waals surface area contributed by atoms with Gasteiger partial charge in [-0.15, -0.1) is 0 Å². The van der Waals surface area contributed by atoms with Crippen molar-refractivity contribution in [3.63, 3.8) is 0 Å². The number of hydrogen-bond acceptors (Lipinski definition) is 7. The van der Waals surface area contributed by atoms with E-state index < -0.39 is 17.2 Å². The van der Waals surface area contributed by atoms with E-state index in [9.17, 15) is 19.2 Å². The lowest BCUT2D eigenvalue weighted by Crippen LogP contribution is -2.41. The predicted octanol–water partition coefficient (Wildman–Crippen LogP) is 4.24. The Kier molecular flexibility index (Phi) is 5.96. The number of nitrogens with zero attached hydrogens (tertiary/aromatic N) is 7. The Morgan fingerprint density at radius 3 is 2.74 bits per heavy atom. The van der Waals surface area contributed by atoms with Gasteiger partial charge in [-0.3, -0.25) is 14.2 Å². The fourth-order valence-electron chi connectivity index (χ4n) is 4.36. The number of benzene rings is 2. The molecule has 1 saturated carbocycles. The summed E-state index contributed by atoms with van der Waals surface area (Å²) in [5.41, 5.74) is 0.915. The summed E-state index contributed by atoms with van der Waals surface area (Å²) in [7, 11) is 0. The summed E-state index contributed by atoms with van der Waals surface area (Å²) in [4.78, 5) is 35.1. The normalized spacial score (nSPS) is 13.0. The monoisotopic (exact) mass is 542 g/mol. The van der Waals surface area contributed by atoms with Crippen LogP contribution >= 0.6 is 11.6 Å². The molecule has 5 aromatic rings. The lowest BCUT2D eigenvalue weighted by molar-refractivity contribution is 0.620. The van der Waals surface area contributed by atoms with Crippen molar-refractivity contribution in [3.8, 4) is 11.8 Å². The minimum Gasteiger partial charge on any atom is -0.324 e. The molecule has 1 aliphatic carbocycles. The first-order valence-corrected chi connectivity index (χ1v) is 12.5. The van der Waals surface area contributed by atoms with Crippen molar-refractivity contribution < 1.29 is 4.39 Å². The second-order valence-corrected chi connectivity index (χ2v) is 9.83. The van der Waals surface area contributed by atoms with Crippen LogP contribution in [0.15, 0.2) is 64.6 Å². The molecular weight excluding hydrogens is 523 g/mol. The van der Waals surface area contributed by atoms with Crippen molar-refractivity contribution in [1.82, 2.24) is 28.9 Å². The van der Waals surface area contributed by atoms with Gasteiger partial charge in [-0.05, 0) is 61.2 Å². The molecule has 1 N–H and O–H groups in total. The quantitative estimate of drug-likeness (QED) is 0.340. The first-order valence-electron chi connectivity index (χ1n) is 12.1. The van der Waals surface area contributed by atoms with Gasteiger partial charge in [-0.1, -0.05) is 17.7 Å². The molecule has 0 radical (unpaired) electrons. The van der Waals surface area contributed by atoms with Gasteiger partial charge in [-0.25, -0.2) is 18.5 Å². The highest BCUT2D eigenvalue weighted by atomic mass is 35.5. The molecule has 0 spiro atoms. The third-order valence-corrected chi connectivity index (χ3v) is 6.77. The van der Waals surface area contributed by atoms with Gasteiger partial charge >= 0.3 is 11.4 Å². The molecule has 194 valence electrons. The number of fused-ring (bicyclic) bond motifs is 1. The van der Waals surface area contributed by atoms with Gasteiger partial charge < -0.3 is 5.32 Å². The van der Waals surface area contributed by atoms with Crippen molar-refractivity contribution >= 4 is 34.1 Å². The summed E-state index contributed by atoms with van der Waals surface area (Å²) in [6.07, 6.45) is 7.07. The third kappa shape index (κ3) is 4.66. The molecule has 0 saturated heterocycles. The first kappa shape index (κ1) is 24.5. The second kappa shape index (κ2) is 9.49. The summed E-state index contributed by atoms with van der Waals surface area (Å²) in [6, 6.07) is 11.3. The molecule has 0 amide bonds. The minimum absolute atomic E-state index is 0.0690. The minimum atomic E-state index is -0.818. The first-order chi connectivity index (χ1) is 18.8. The number of aromatic nitrogens is 6. The maximum Gasteiger partial charge on any atom is 0.359 e. The number of nitrogens with one attached hydrogen (secondary N) is 1. The number of anilines is 2.